The fourth-order valence-corrected chi connectivity index (χ4v) is 6.50. The second-order valence-corrected chi connectivity index (χ2v) is 9.50. The molecule has 2 heterocycles. The van der Waals surface area contributed by atoms with E-state index in [2.05, 4.69) is 0 Å². The Kier molecular flexibility index (Phi) is 4.31. The Labute approximate surface area is 150 Å². The average molecular weight is 364 g/mol. The van der Waals surface area contributed by atoms with Crippen molar-refractivity contribution in [1.29, 1.82) is 0 Å². The standard InChI is InChI=1S/C18H20O4S2/c1-17(11-19)12-21-16-15(22-17)14(9-18(16)23-7-8-24-18)20-10-13-5-3-2-4-6-13/h2-6,11,14H,7-10,12H2,1H3/t14?,17-/m0/s1. The van der Waals surface area contributed by atoms with Crippen molar-refractivity contribution in [2.45, 2.75) is 35.7 Å². The van der Waals surface area contributed by atoms with E-state index in [1.807, 2.05) is 53.9 Å². The highest BCUT2D eigenvalue weighted by Crippen LogP contribution is 2.59. The van der Waals surface area contributed by atoms with Gasteiger partial charge in [-0.3, -0.25) is 4.79 Å². The number of aldehydes is 1. The Morgan fingerprint density at radius 2 is 2.04 bits per heavy atom. The molecule has 1 aromatic rings. The average Bonchev–Trinajstić information content (AvgIpc) is 3.20. The third-order valence-electron chi connectivity index (χ3n) is 4.46. The number of carbonyl (C=O) groups excluding carboxylic acids is 1. The Morgan fingerprint density at radius 1 is 1.29 bits per heavy atom. The minimum absolute atomic E-state index is 0.110. The number of ether oxygens (including phenoxy) is 3. The lowest BCUT2D eigenvalue weighted by Crippen LogP contribution is -2.41. The van der Waals surface area contributed by atoms with Gasteiger partial charge in [-0.25, -0.2) is 0 Å². The first-order valence-corrected chi connectivity index (χ1v) is 10.1. The third-order valence-corrected chi connectivity index (χ3v) is 7.88. The molecule has 1 fully saturated rings. The molecular formula is C18H20O4S2. The first-order chi connectivity index (χ1) is 11.6. The molecule has 1 aliphatic carbocycles. The molecule has 4 rings (SSSR count). The van der Waals surface area contributed by atoms with Crippen molar-refractivity contribution >= 4 is 29.8 Å². The van der Waals surface area contributed by atoms with Gasteiger partial charge in [0.25, 0.3) is 0 Å². The molecule has 6 heteroatoms. The Balaban J connectivity index is 1.57. The van der Waals surface area contributed by atoms with Crippen LogP contribution in [0.3, 0.4) is 0 Å². The van der Waals surface area contributed by atoms with Crippen LogP contribution in [0.5, 0.6) is 0 Å². The minimum Gasteiger partial charge on any atom is -0.487 e. The van der Waals surface area contributed by atoms with E-state index in [0.29, 0.717) is 12.4 Å². The van der Waals surface area contributed by atoms with Gasteiger partial charge in [-0.15, -0.1) is 23.5 Å². The number of fused-ring (bicyclic) bond motifs is 1. The lowest BCUT2D eigenvalue weighted by atomic mass is 10.1. The molecule has 0 saturated carbocycles. The van der Waals surface area contributed by atoms with Crippen molar-refractivity contribution in [3.63, 3.8) is 0 Å². The molecule has 0 bridgehead atoms. The van der Waals surface area contributed by atoms with E-state index in [9.17, 15) is 4.79 Å². The molecule has 1 aromatic carbocycles. The molecule has 0 N–H and O–H groups in total. The fraction of sp³-hybridized carbons (Fsp3) is 0.500. The maximum atomic E-state index is 11.4. The second-order valence-electron chi connectivity index (χ2n) is 6.45. The highest BCUT2D eigenvalue weighted by Gasteiger charge is 2.56. The van der Waals surface area contributed by atoms with Crippen molar-refractivity contribution in [2.75, 3.05) is 18.1 Å². The van der Waals surface area contributed by atoms with Gasteiger partial charge in [-0.1, -0.05) is 30.3 Å². The monoisotopic (exact) mass is 364 g/mol. The molecule has 0 radical (unpaired) electrons. The lowest BCUT2D eigenvalue weighted by Gasteiger charge is -2.34. The molecule has 4 nitrogen and oxygen atoms in total. The van der Waals surface area contributed by atoms with Crippen LogP contribution < -0.4 is 0 Å². The number of benzene rings is 1. The van der Waals surface area contributed by atoms with Crippen molar-refractivity contribution in [2.24, 2.45) is 0 Å². The Morgan fingerprint density at radius 3 is 2.75 bits per heavy atom. The number of hydrogen-bond acceptors (Lipinski definition) is 6. The van der Waals surface area contributed by atoms with Gasteiger partial charge in [0.15, 0.2) is 23.4 Å². The summed E-state index contributed by atoms with van der Waals surface area (Å²) in [5.74, 6) is 3.79. The predicted octanol–water partition coefficient (Wildman–Crippen LogP) is 3.37. The summed E-state index contributed by atoms with van der Waals surface area (Å²) in [6.07, 6.45) is 1.48. The maximum Gasteiger partial charge on any atom is 0.194 e. The molecule has 1 spiro atoms. The zero-order chi connectivity index (χ0) is 16.6. The normalized spacial score (nSPS) is 30.8. The molecule has 24 heavy (non-hydrogen) atoms. The summed E-state index contributed by atoms with van der Waals surface area (Å²) in [4.78, 5) is 11.4. The molecule has 0 amide bonds. The van der Waals surface area contributed by atoms with Crippen LogP contribution in [0.25, 0.3) is 0 Å². The SMILES string of the molecule is C[C@]1(C=O)COC2=C(O1)C(OCc1ccccc1)CC21SCCS1. The minimum atomic E-state index is -0.924. The Hall–Kier alpha value is -1.11. The largest absolute Gasteiger partial charge is 0.487 e. The van der Waals surface area contributed by atoms with Gasteiger partial charge in [-0.2, -0.15) is 0 Å². The molecule has 1 unspecified atom stereocenters. The van der Waals surface area contributed by atoms with Crippen molar-refractivity contribution in [3.05, 3.63) is 47.4 Å². The number of thioether (sulfide) groups is 2. The number of hydrogen-bond donors (Lipinski definition) is 0. The summed E-state index contributed by atoms with van der Waals surface area (Å²) >= 11 is 3.81. The highest BCUT2D eigenvalue weighted by molar-refractivity contribution is 8.21. The zero-order valence-corrected chi connectivity index (χ0v) is 15.2. The van der Waals surface area contributed by atoms with E-state index in [1.54, 1.807) is 6.92 Å². The van der Waals surface area contributed by atoms with Crippen LogP contribution >= 0.6 is 23.5 Å². The van der Waals surface area contributed by atoms with Gasteiger partial charge >= 0.3 is 0 Å². The molecule has 128 valence electrons. The van der Waals surface area contributed by atoms with E-state index in [1.165, 1.54) is 0 Å². The quantitative estimate of drug-likeness (QED) is 0.764. The number of carbonyl (C=O) groups is 1. The molecule has 3 aliphatic rings. The smallest absolute Gasteiger partial charge is 0.194 e. The summed E-state index contributed by atoms with van der Waals surface area (Å²) in [7, 11) is 0. The van der Waals surface area contributed by atoms with Crippen LogP contribution in [0.4, 0.5) is 0 Å². The predicted molar refractivity (Wildman–Crippen MR) is 95.8 cm³/mol. The molecular weight excluding hydrogens is 344 g/mol. The summed E-state index contributed by atoms with van der Waals surface area (Å²) in [5, 5.41) is 0. The second kappa shape index (κ2) is 6.32. The maximum absolute atomic E-state index is 11.4. The summed E-state index contributed by atoms with van der Waals surface area (Å²) in [5.41, 5.74) is 0.203. The molecule has 2 atom stereocenters. The van der Waals surface area contributed by atoms with Crippen LogP contribution in [0.2, 0.25) is 0 Å². The van der Waals surface area contributed by atoms with Crippen molar-refractivity contribution in [3.8, 4) is 0 Å². The highest BCUT2D eigenvalue weighted by atomic mass is 32.2. The van der Waals surface area contributed by atoms with Crippen LogP contribution in [-0.4, -0.2) is 40.2 Å². The van der Waals surface area contributed by atoms with Gasteiger partial charge in [0.2, 0.25) is 0 Å². The summed E-state index contributed by atoms with van der Waals surface area (Å²) in [6, 6.07) is 10.1. The van der Waals surface area contributed by atoms with Crippen LogP contribution in [0, 0.1) is 0 Å². The Bertz CT molecular complexity index is 654. The first-order valence-electron chi connectivity index (χ1n) is 8.10. The van der Waals surface area contributed by atoms with Gasteiger partial charge in [0.1, 0.15) is 16.8 Å². The van der Waals surface area contributed by atoms with E-state index < -0.39 is 5.60 Å². The number of rotatable bonds is 4. The van der Waals surface area contributed by atoms with Gasteiger partial charge < -0.3 is 14.2 Å². The van der Waals surface area contributed by atoms with Gasteiger partial charge in [0.05, 0.1) is 6.61 Å². The summed E-state index contributed by atoms with van der Waals surface area (Å²) < 4.78 is 18.2. The van der Waals surface area contributed by atoms with E-state index in [-0.39, 0.29) is 16.8 Å². The van der Waals surface area contributed by atoms with Gasteiger partial charge in [-0.05, 0) is 12.5 Å². The molecule has 2 aliphatic heterocycles. The third kappa shape index (κ3) is 2.85. The van der Waals surface area contributed by atoms with Crippen molar-refractivity contribution < 1.29 is 19.0 Å². The molecule has 1 saturated heterocycles. The van der Waals surface area contributed by atoms with E-state index in [0.717, 1.165) is 35.5 Å². The van der Waals surface area contributed by atoms with Gasteiger partial charge in [0, 0.05) is 17.9 Å². The molecule has 0 aromatic heterocycles. The van der Waals surface area contributed by atoms with Crippen LogP contribution in [0.1, 0.15) is 18.9 Å². The fourth-order valence-electron chi connectivity index (χ4n) is 3.22. The van der Waals surface area contributed by atoms with E-state index >= 15 is 0 Å². The lowest BCUT2D eigenvalue weighted by molar-refractivity contribution is -0.139. The zero-order valence-electron chi connectivity index (χ0n) is 13.5. The van der Waals surface area contributed by atoms with Crippen LogP contribution in [-0.2, 0) is 25.6 Å². The van der Waals surface area contributed by atoms with Crippen molar-refractivity contribution in [1.82, 2.24) is 0 Å². The topological polar surface area (TPSA) is 44.8 Å². The van der Waals surface area contributed by atoms with Crippen LogP contribution in [0.15, 0.2) is 41.9 Å². The first kappa shape index (κ1) is 16.4. The van der Waals surface area contributed by atoms with E-state index in [4.69, 9.17) is 14.2 Å². The summed E-state index contributed by atoms with van der Waals surface area (Å²) in [6.45, 7) is 2.55.